The highest BCUT2D eigenvalue weighted by atomic mass is 16.4. The first kappa shape index (κ1) is 8.59. The molecule has 0 aliphatic rings. The van der Waals surface area contributed by atoms with E-state index < -0.39 is 5.97 Å². The lowest BCUT2D eigenvalue weighted by Gasteiger charge is -2.02. The quantitative estimate of drug-likeness (QED) is 0.702. The molecule has 0 aromatic heterocycles. The Morgan fingerprint density at radius 3 is 2.67 bits per heavy atom. The molecule has 0 unspecified atom stereocenters. The van der Waals surface area contributed by atoms with E-state index in [9.17, 15) is 4.79 Å². The van der Waals surface area contributed by atoms with Crippen molar-refractivity contribution in [2.45, 2.75) is 13.3 Å². The van der Waals surface area contributed by atoms with Crippen molar-refractivity contribution in [3.8, 4) is 5.75 Å². The molecule has 0 radical (unpaired) electrons. The van der Waals surface area contributed by atoms with Crippen LogP contribution in [0.15, 0.2) is 18.2 Å². The summed E-state index contributed by atoms with van der Waals surface area (Å²) in [6.45, 7) is 1.87. The van der Waals surface area contributed by atoms with E-state index in [0.717, 1.165) is 5.56 Å². The molecule has 64 valence electrons. The number of aromatic hydroxyl groups is 1. The van der Waals surface area contributed by atoms with Gasteiger partial charge in [0.15, 0.2) is 0 Å². The summed E-state index contributed by atoms with van der Waals surface area (Å²) in [5, 5.41) is 17.7. The number of hydrogen-bond acceptors (Lipinski definition) is 2. The zero-order valence-electron chi connectivity index (χ0n) is 6.74. The number of phenolic OH excluding ortho intramolecular Hbond substituents is 1. The summed E-state index contributed by atoms with van der Waals surface area (Å²) in [7, 11) is 0. The fourth-order valence-electron chi connectivity index (χ4n) is 1.07. The summed E-state index contributed by atoms with van der Waals surface area (Å²) >= 11 is 0. The molecular formula is C9H10O3. The third kappa shape index (κ3) is 1.56. The highest BCUT2D eigenvalue weighted by Crippen LogP contribution is 2.16. The second kappa shape index (κ2) is 3.26. The molecule has 0 aliphatic carbocycles. The van der Waals surface area contributed by atoms with Gasteiger partial charge < -0.3 is 10.2 Å². The Hall–Kier alpha value is -1.51. The molecule has 1 aromatic carbocycles. The third-order valence-electron chi connectivity index (χ3n) is 1.70. The number of carboxylic acid groups (broad SMARTS) is 1. The van der Waals surface area contributed by atoms with Crippen molar-refractivity contribution in [2.75, 3.05) is 0 Å². The summed E-state index contributed by atoms with van der Waals surface area (Å²) in [5.41, 5.74) is 0.915. The second-order valence-corrected chi connectivity index (χ2v) is 2.50. The average Bonchev–Trinajstić information content (AvgIpc) is 2.04. The van der Waals surface area contributed by atoms with Gasteiger partial charge in [-0.05, 0) is 24.1 Å². The molecule has 0 spiro atoms. The van der Waals surface area contributed by atoms with Crippen molar-refractivity contribution in [3.63, 3.8) is 0 Å². The number of carboxylic acids is 1. The highest BCUT2D eigenvalue weighted by Gasteiger charge is 2.08. The van der Waals surface area contributed by atoms with Crippen molar-refractivity contribution in [1.82, 2.24) is 0 Å². The summed E-state index contributed by atoms with van der Waals surface area (Å²) < 4.78 is 0. The van der Waals surface area contributed by atoms with Crippen LogP contribution < -0.4 is 0 Å². The maximum Gasteiger partial charge on any atom is 0.336 e. The normalized spacial score (nSPS) is 9.75. The molecule has 2 N–H and O–H groups in total. The van der Waals surface area contributed by atoms with Crippen molar-refractivity contribution in [2.24, 2.45) is 0 Å². The van der Waals surface area contributed by atoms with Gasteiger partial charge in [0.1, 0.15) is 5.75 Å². The van der Waals surface area contributed by atoms with Gasteiger partial charge in [-0.1, -0.05) is 13.0 Å². The number of aromatic carboxylic acids is 1. The molecule has 0 bridgehead atoms. The molecule has 0 saturated carbocycles. The van der Waals surface area contributed by atoms with Crippen LogP contribution in [0.2, 0.25) is 0 Å². The lowest BCUT2D eigenvalue weighted by atomic mass is 10.1. The Labute approximate surface area is 70.3 Å². The van der Waals surface area contributed by atoms with Gasteiger partial charge in [0.25, 0.3) is 0 Å². The number of benzene rings is 1. The molecule has 1 rings (SSSR count). The number of hydrogen-bond donors (Lipinski definition) is 2. The number of carbonyl (C=O) groups is 1. The van der Waals surface area contributed by atoms with E-state index in [1.165, 1.54) is 12.1 Å². The lowest BCUT2D eigenvalue weighted by Crippen LogP contribution is -2.00. The van der Waals surface area contributed by atoms with Gasteiger partial charge >= 0.3 is 5.97 Å². The first-order valence-electron chi connectivity index (χ1n) is 3.70. The fourth-order valence-corrected chi connectivity index (χ4v) is 1.07. The first-order chi connectivity index (χ1) is 5.65. The standard InChI is InChI=1S/C9H10O3/c1-2-6-3-4-7(10)5-8(6)9(11)12/h3-5,10H,2H2,1H3,(H,11,12). The van der Waals surface area contributed by atoms with E-state index >= 15 is 0 Å². The number of aryl methyl sites for hydroxylation is 1. The minimum absolute atomic E-state index is 0.00963. The van der Waals surface area contributed by atoms with Gasteiger partial charge in [0.05, 0.1) is 5.56 Å². The molecule has 12 heavy (non-hydrogen) atoms. The van der Waals surface area contributed by atoms with E-state index in [4.69, 9.17) is 10.2 Å². The third-order valence-corrected chi connectivity index (χ3v) is 1.70. The summed E-state index contributed by atoms with van der Waals surface area (Å²) in [5.74, 6) is -1.01. The summed E-state index contributed by atoms with van der Waals surface area (Å²) in [4.78, 5) is 10.6. The van der Waals surface area contributed by atoms with Gasteiger partial charge in [-0.25, -0.2) is 4.79 Å². The van der Waals surface area contributed by atoms with Crippen LogP contribution in [0.4, 0.5) is 0 Å². The molecule has 3 heteroatoms. The predicted octanol–water partition coefficient (Wildman–Crippen LogP) is 1.65. The van der Waals surface area contributed by atoms with Gasteiger partial charge in [-0.2, -0.15) is 0 Å². The molecule has 0 heterocycles. The lowest BCUT2D eigenvalue weighted by molar-refractivity contribution is 0.0695. The summed E-state index contributed by atoms with van der Waals surface area (Å²) in [6.07, 6.45) is 0.655. The van der Waals surface area contributed by atoms with Crippen molar-refractivity contribution >= 4 is 5.97 Å². The number of phenols is 1. The van der Waals surface area contributed by atoms with E-state index in [1.807, 2.05) is 6.92 Å². The van der Waals surface area contributed by atoms with Crippen molar-refractivity contribution < 1.29 is 15.0 Å². The second-order valence-electron chi connectivity index (χ2n) is 2.50. The monoisotopic (exact) mass is 166 g/mol. The van der Waals surface area contributed by atoms with Crippen molar-refractivity contribution in [1.29, 1.82) is 0 Å². The van der Waals surface area contributed by atoms with Crippen LogP contribution in [-0.4, -0.2) is 16.2 Å². The van der Waals surface area contributed by atoms with Crippen LogP contribution in [-0.2, 0) is 6.42 Å². The van der Waals surface area contributed by atoms with E-state index in [-0.39, 0.29) is 11.3 Å². The van der Waals surface area contributed by atoms with Gasteiger partial charge in [0, 0.05) is 0 Å². The molecule has 1 aromatic rings. The van der Waals surface area contributed by atoms with E-state index in [1.54, 1.807) is 6.07 Å². The Kier molecular flexibility index (Phi) is 2.33. The van der Waals surface area contributed by atoms with Crippen LogP contribution >= 0.6 is 0 Å². The smallest absolute Gasteiger partial charge is 0.336 e. The van der Waals surface area contributed by atoms with Crippen LogP contribution in [0.1, 0.15) is 22.8 Å². The molecular weight excluding hydrogens is 156 g/mol. The predicted molar refractivity (Wildman–Crippen MR) is 44.4 cm³/mol. The minimum Gasteiger partial charge on any atom is -0.508 e. The molecule has 0 amide bonds. The fraction of sp³-hybridized carbons (Fsp3) is 0.222. The van der Waals surface area contributed by atoms with Crippen LogP contribution in [0.25, 0.3) is 0 Å². The summed E-state index contributed by atoms with van der Waals surface area (Å²) in [6, 6.07) is 4.38. The Morgan fingerprint density at radius 2 is 2.17 bits per heavy atom. The Morgan fingerprint density at radius 1 is 1.50 bits per heavy atom. The van der Waals surface area contributed by atoms with Gasteiger partial charge in [-0.15, -0.1) is 0 Å². The largest absolute Gasteiger partial charge is 0.508 e. The highest BCUT2D eigenvalue weighted by molar-refractivity contribution is 5.89. The topological polar surface area (TPSA) is 57.5 Å². The minimum atomic E-state index is -0.997. The van der Waals surface area contributed by atoms with E-state index in [0.29, 0.717) is 6.42 Å². The molecule has 0 atom stereocenters. The maximum absolute atomic E-state index is 10.6. The van der Waals surface area contributed by atoms with Gasteiger partial charge in [-0.3, -0.25) is 0 Å². The van der Waals surface area contributed by atoms with Crippen LogP contribution in [0.5, 0.6) is 5.75 Å². The van der Waals surface area contributed by atoms with E-state index in [2.05, 4.69) is 0 Å². The molecule has 0 aliphatic heterocycles. The average molecular weight is 166 g/mol. The SMILES string of the molecule is CCc1ccc(O)cc1C(=O)O. The molecule has 3 nitrogen and oxygen atoms in total. The molecule has 0 saturated heterocycles. The molecule has 0 fully saturated rings. The van der Waals surface area contributed by atoms with Crippen LogP contribution in [0, 0.1) is 0 Å². The number of rotatable bonds is 2. The zero-order chi connectivity index (χ0) is 9.14. The Bertz CT molecular complexity index is 305. The maximum atomic E-state index is 10.6. The van der Waals surface area contributed by atoms with Crippen molar-refractivity contribution in [3.05, 3.63) is 29.3 Å². The van der Waals surface area contributed by atoms with Gasteiger partial charge in [0.2, 0.25) is 0 Å². The Balaban J connectivity index is 3.21. The zero-order valence-corrected chi connectivity index (χ0v) is 6.74. The first-order valence-corrected chi connectivity index (χ1v) is 3.70. The van der Waals surface area contributed by atoms with Crippen LogP contribution in [0.3, 0.4) is 0 Å².